The Balaban J connectivity index is 2.77. The van der Waals surface area contributed by atoms with Crippen LogP contribution >= 0.6 is 0 Å². The minimum absolute atomic E-state index is 0.119. The van der Waals surface area contributed by atoms with Crippen molar-refractivity contribution in [1.82, 2.24) is 0 Å². The number of hydrogen-bond acceptors (Lipinski definition) is 3. The molecule has 0 aliphatic heterocycles. The molecule has 0 saturated heterocycles. The van der Waals surface area contributed by atoms with Gasteiger partial charge in [0.1, 0.15) is 0 Å². The molecule has 1 rings (SSSR count). The average molecular weight is 219 g/mol. The molecular weight excluding hydrogens is 206 g/mol. The van der Waals surface area contributed by atoms with Crippen LogP contribution in [0.25, 0.3) is 16.5 Å². The summed E-state index contributed by atoms with van der Waals surface area (Å²) in [6, 6.07) is 5.05. The maximum atomic E-state index is 9.46. The summed E-state index contributed by atoms with van der Waals surface area (Å²) in [5.41, 5.74) is 8.97. The zero-order valence-electron chi connectivity index (χ0n) is 9.00. The van der Waals surface area contributed by atoms with E-state index in [1.165, 1.54) is 0 Å². The quantitative estimate of drug-likeness (QED) is 0.469. The second-order valence-electron chi connectivity index (χ2n) is 2.98. The van der Waals surface area contributed by atoms with Gasteiger partial charge in [0.05, 0.1) is 6.61 Å². The Morgan fingerprint density at radius 1 is 1.56 bits per heavy atom. The van der Waals surface area contributed by atoms with Gasteiger partial charge in [-0.05, 0) is 30.2 Å². The van der Waals surface area contributed by atoms with E-state index in [0.717, 1.165) is 5.56 Å². The van der Waals surface area contributed by atoms with Crippen LogP contribution in [0.1, 0.15) is 12.5 Å². The van der Waals surface area contributed by atoms with Crippen molar-refractivity contribution in [2.45, 2.75) is 6.92 Å². The first-order chi connectivity index (χ1) is 7.77. The fraction of sp³-hybridized carbons (Fsp3) is 0.273. The summed E-state index contributed by atoms with van der Waals surface area (Å²) < 4.78 is 5.24. The molecule has 0 fully saturated rings. The first kappa shape index (κ1) is 11.9. The van der Waals surface area contributed by atoms with Crippen LogP contribution < -0.4 is 4.74 Å². The Hall–Kier alpha value is -2.13. The summed E-state index contributed by atoms with van der Waals surface area (Å²) in [6.45, 7) is 2.66. The second kappa shape index (κ2) is 6.37. The van der Waals surface area contributed by atoms with Gasteiger partial charge in [0.15, 0.2) is 11.5 Å². The van der Waals surface area contributed by atoms with Crippen LogP contribution in [0.2, 0.25) is 0 Å². The van der Waals surface area contributed by atoms with Gasteiger partial charge in [0.25, 0.3) is 0 Å². The monoisotopic (exact) mass is 219 g/mol. The number of ether oxygens (including phenoxy) is 1. The van der Waals surface area contributed by atoms with E-state index in [1.54, 1.807) is 30.4 Å². The molecule has 5 heteroatoms. The third-order valence-corrected chi connectivity index (χ3v) is 1.84. The zero-order chi connectivity index (χ0) is 11.8. The standard InChI is InChI=1S/C11H13N3O2/c1-2-16-11-8-9(5-6-10(11)15)4-3-7-13-14-12/h3-6,8,15H,2,7H2,1H3. The highest BCUT2D eigenvalue weighted by atomic mass is 16.5. The van der Waals surface area contributed by atoms with Crippen molar-refractivity contribution < 1.29 is 9.84 Å². The van der Waals surface area contributed by atoms with E-state index in [0.29, 0.717) is 18.9 Å². The molecule has 16 heavy (non-hydrogen) atoms. The summed E-state index contributed by atoms with van der Waals surface area (Å²) >= 11 is 0. The summed E-state index contributed by atoms with van der Waals surface area (Å²) in [4.78, 5) is 2.64. The third kappa shape index (κ3) is 3.55. The van der Waals surface area contributed by atoms with Crippen LogP contribution in [-0.4, -0.2) is 18.3 Å². The molecule has 0 saturated carbocycles. The van der Waals surface area contributed by atoms with Gasteiger partial charge in [-0.15, -0.1) is 0 Å². The van der Waals surface area contributed by atoms with Crippen LogP contribution in [0.5, 0.6) is 11.5 Å². The minimum Gasteiger partial charge on any atom is -0.504 e. The topological polar surface area (TPSA) is 78.2 Å². The molecule has 0 aromatic heterocycles. The van der Waals surface area contributed by atoms with Crippen LogP contribution in [0.3, 0.4) is 0 Å². The molecule has 1 aromatic rings. The number of phenolic OH excluding ortho intramolecular Hbond substituents is 1. The summed E-state index contributed by atoms with van der Waals surface area (Å²) in [6.07, 6.45) is 3.54. The Labute approximate surface area is 93.6 Å². The smallest absolute Gasteiger partial charge is 0.161 e. The molecule has 1 aromatic carbocycles. The molecule has 5 nitrogen and oxygen atoms in total. The highest BCUT2D eigenvalue weighted by Gasteiger charge is 2.00. The molecule has 0 amide bonds. The van der Waals surface area contributed by atoms with Crippen molar-refractivity contribution in [3.05, 3.63) is 40.3 Å². The molecule has 84 valence electrons. The van der Waals surface area contributed by atoms with E-state index >= 15 is 0 Å². The van der Waals surface area contributed by atoms with Crippen LogP contribution in [0.15, 0.2) is 29.4 Å². The molecule has 0 radical (unpaired) electrons. The van der Waals surface area contributed by atoms with E-state index in [2.05, 4.69) is 10.0 Å². The van der Waals surface area contributed by atoms with Crippen LogP contribution in [-0.2, 0) is 0 Å². The molecule has 0 unspecified atom stereocenters. The van der Waals surface area contributed by atoms with Gasteiger partial charge in [-0.3, -0.25) is 0 Å². The van der Waals surface area contributed by atoms with Gasteiger partial charge in [0.2, 0.25) is 0 Å². The van der Waals surface area contributed by atoms with Crippen molar-refractivity contribution in [1.29, 1.82) is 0 Å². The number of aromatic hydroxyl groups is 1. The third-order valence-electron chi connectivity index (χ3n) is 1.84. The molecule has 1 N–H and O–H groups in total. The van der Waals surface area contributed by atoms with Crippen molar-refractivity contribution in [2.24, 2.45) is 5.11 Å². The van der Waals surface area contributed by atoms with Crippen LogP contribution in [0, 0.1) is 0 Å². The minimum atomic E-state index is 0.119. The Morgan fingerprint density at radius 3 is 3.06 bits per heavy atom. The summed E-state index contributed by atoms with van der Waals surface area (Å²) in [5.74, 6) is 0.572. The Kier molecular flexibility index (Phi) is 4.76. The number of hydrogen-bond donors (Lipinski definition) is 1. The molecule has 0 bridgehead atoms. The Bertz CT molecular complexity index is 423. The molecule has 0 atom stereocenters. The van der Waals surface area contributed by atoms with Gasteiger partial charge in [-0.2, -0.15) is 0 Å². The first-order valence-corrected chi connectivity index (χ1v) is 4.91. The maximum Gasteiger partial charge on any atom is 0.161 e. The lowest BCUT2D eigenvalue weighted by molar-refractivity contribution is 0.318. The second-order valence-corrected chi connectivity index (χ2v) is 2.98. The van der Waals surface area contributed by atoms with E-state index in [-0.39, 0.29) is 5.75 Å². The number of rotatable bonds is 5. The number of azide groups is 1. The van der Waals surface area contributed by atoms with Crippen molar-refractivity contribution in [3.8, 4) is 11.5 Å². The van der Waals surface area contributed by atoms with Gasteiger partial charge < -0.3 is 9.84 Å². The van der Waals surface area contributed by atoms with Crippen LogP contribution in [0.4, 0.5) is 0 Å². The molecule has 0 spiro atoms. The fourth-order valence-electron chi connectivity index (χ4n) is 1.18. The van der Waals surface area contributed by atoms with Gasteiger partial charge in [-0.1, -0.05) is 23.3 Å². The highest BCUT2D eigenvalue weighted by molar-refractivity contribution is 5.55. The predicted octanol–water partition coefficient (Wildman–Crippen LogP) is 3.11. The lowest BCUT2D eigenvalue weighted by Crippen LogP contribution is -1.91. The lowest BCUT2D eigenvalue weighted by Gasteiger charge is -2.05. The van der Waals surface area contributed by atoms with E-state index < -0.39 is 0 Å². The Morgan fingerprint density at radius 2 is 2.38 bits per heavy atom. The number of nitrogens with zero attached hydrogens (tertiary/aromatic N) is 3. The molecule has 0 aliphatic rings. The number of benzene rings is 1. The fourth-order valence-corrected chi connectivity index (χ4v) is 1.18. The van der Waals surface area contributed by atoms with Crippen molar-refractivity contribution in [3.63, 3.8) is 0 Å². The van der Waals surface area contributed by atoms with Crippen molar-refractivity contribution >= 4 is 6.08 Å². The van der Waals surface area contributed by atoms with E-state index in [9.17, 15) is 5.11 Å². The molecule has 0 heterocycles. The molecule has 0 aliphatic carbocycles. The average Bonchev–Trinajstić information content (AvgIpc) is 2.29. The van der Waals surface area contributed by atoms with Gasteiger partial charge in [-0.25, -0.2) is 0 Å². The van der Waals surface area contributed by atoms with Gasteiger partial charge in [0, 0.05) is 11.5 Å². The summed E-state index contributed by atoms with van der Waals surface area (Å²) in [5, 5.41) is 12.8. The predicted molar refractivity (Wildman–Crippen MR) is 62.3 cm³/mol. The largest absolute Gasteiger partial charge is 0.504 e. The van der Waals surface area contributed by atoms with E-state index in [1.807, 2.05) is 6.92 Å². The lowest BCUT2D eigenvalue weighted by atomic mass is 10.2. The number of phenols is 1. The zero-order valence-corrected chi connectivity index (χ0v) is 9.00. The normalized spacial score (nSPS) is 10.1. The maximum absolute atomic E-state index is 9.46. The van der Waals surface area contributed by atoms with Gasteiger partial charge >= 0.3 is 0 Å². The van der Waals surface area contributed by atoms with Crippen molar-refractivity contribution in [2.75, 3.05) is 13.2 Å². The SMILES string of the molecule is CCOc1cc(C=CCN=[N+]=[N-])ccc1O. The first-order valence-electron chi connectivity index (χ1n) is 4.91. The molecular formula is C11H13N3O2. The highest BCUT2D eigenvalue weighted by Crippen LogP contribution is 2.27. The van der Waals surface area contributed by atoms with E-state index in [4.69, 9.17) is 10.3 Å². The summed E-state index contributed by atoms with van der Waals surface area (Å²) in [7, 11) is 0.